The summed E-state index contributed by atoms with van der Waals surface area (Å²) in [4.78, 5) is 12.0. The van der Waals surface area contributed by atoms with E-state index < -0.39 is 144 Å². The molecule has 6 rings (SSSR count). The second kappa shape index (κ2) is 17.8. The molecule has 0 aliphatic heterocycles. The molecule has 5 aromatic carbocycles. The lowest BCUT2D eigenvalue weighted by molar-refractivity contribution is -0.689. The molecule has 0 saturated heterocycles. The van der Waals surface area contributed by atoms with Crippen molar-refractivity contribution in [1.82, 2.24) is 0 Å². The van der Waals surface area contributed by atoms with E-state index in [0.29, 0.717) is 6.54 Å². The number of benzene rings is 5. The van der Waals surface area contributed by atoms with E-state index in [2.05, 4.69) is 15.9 Å². The van der Waals surface area contributed by atoms with Gasteiger partial charge >= 0.3 is 0 Å². The molecule has 1 aromatic heterocycles. The molecule has 0 N–H and O–H groups in total. The lowest BCUT2D eigenvalue weighted by atomic mass is 9.12. The Morgan fingerprint density at radius 3 is 0.919 bits per heavy atom. The van der Waals surface area contributed by atoms with Crippen molar-refractivity contribution >= 4 is 49.7 Å². The Balaban J connectivity index is 0.000000355. The molecule has 0 aliphatic carbocycles. The molecule has 326 valence electrons. The first-order valence-electron chi connectivity index (χ1n) is 16.4. The van der Waals surface area contributed by atoms with Crippen LogP contribution in [0.2, 0.25) is 0 Å². The molecule has 0 saturated carbocycles. The van der Waals surface area contributed by atoms with Crippen LogP contribution in [0.15, 0.2) is 54.7 Å². The molecule has 0 aliphatic rings. The molecule has 6 aromatic rings. The Bertz CT molecular complexity index is 2410. The number of hydrogen-bond acceptors (Lipinski definition) is 1. The number of carbonyl (C=O) groups is 1. The van der Waals surface area contributed by atoms with Gasteiger partial charge in [0.1, 0.15) is 52.7 Å². The second-order valence-electron chi connectivity index (χ2n) is 12.5. The highest BCUT2D eigenvalue weighted by Gasteiger charge is 2.52. The number of halogens is 21. The van der Waals surface area contributed by atoms with Gasteiger partial charge in [-0.25, -0.2) is 87.8 Å². The molecule has 0 atom stereocenters. The van der Waals surface area contributed by atoms with E-state index in [1.165, 1.54) is 0 Å². The summed E-state index contributed by atoms with van der Waals surface area (Å²) in [7, 11) is 0. The third-order valence-electron chi connectivity index (χ3n) is 9.29. The average molecular weight is 970 g/mol. The lowest BCUT2D eigenvalue weighted by Crippen LogP contribution is -2.81. The summed E-state index contributed by atoms with van der Waals surface area (Å²) in [6, 6.07) is 15.3. The smallest absolute Gasteiger partial charge is 0.227 e. The van der Waals surface area contributed by atoms with E-state index in [1.54, 1.807) is 0 Å². The van der Waals surface area contributed by atoms with E-state index in [9.17, 15) is 57.5 Å². The van der Waals surface area contributed by atoms with Crippen molar-refractivity contribution in [2.75, 3.05) is 0 Å². The first kappa shape index (κ1) is 47.1. The third-order valence-corrected chi connectivity index (χ3v) is 9.86. The van der Waals surface area contributed by atoms with Gasteiger partial charge in [-0.15, -0.1) is 21.9 Å². The Morgan fingerprint density at radius 1 is 0.387 bits per heavy atom. The van der Waals surface area contributed by atoms with Crippen molar-refractivity contribution in [2.24, 2.45) is 0 Å². The average Bonchev–Trinajstić information content (AvgIpc) is 3.26. The quantitative estimate of drug-likeness (QED) is 0.0285. The SMILES string of the molecule is Fc1c(F)c(F)c([B-](c2c(F)c(F)c(F)c(F)c2F)(c2c(F)c(F)c(F)c(F)c2F)c2c(F)c(F)c(F)c(F)c2F)c(F)c1F.O=C(C[n+]1ccccc1CBr)c1ccccc1. The molecule has 0 bridgehead atoms. The van der Waals surface area contributed by atoms with E-state index in [1.807, 2.05) is 59.3 Å². The van der Waals surface area contributed by atoms with Crippen LogP contribution < -0.4 is 26.4 Å². The van der Waals surface area contributed by atoms with Crippen LogP contribution in [0, 0.1) is 116 Å². The fourth-order valence-corrected chi connectivity index (χ4v) is 7.04. The summed E-state index contributed by atoms with van der Waals surface area (Å²) >= 11 is 3.42. The highest BCUT2D eigenvalue weighted by atomic mass is 79.9. The van der Waals surface area contributed by atoms with E-state index in [4.69, 9.17) is 0 Å². The molecule has 0 spiro atoms. The fourth-order valence-electron chi connectivity index (χ4n) is 6.53. The largest absolute Gasteiger partial charge is 0.287 e. The topological polar surface area (TPSA) is 20.9 Å². The maximum Gasteiger partial charge on any atom is 0.227 e. The van der Waals surface area contributed by atoms with Crippen LogP contribution in [0.1, 0.15) is 16.1 Å². The minimum absolute atomic E-state index is 0.129. The monoisotopic (exact) mass is 969 g/mol. The number of rotatable bonds is 8. The van der Waals surface area contributed by atoms with Gasteiger partial charge in [-0.05, 0) is 0 Å². The van der Waals surface area contributed by atoms with Crippen LogP contribution in [-0.4, -0.2) is 11.9 Å². The molecular weight excluding hydrogens is 957 g/mol. The molecule has 0 fully saturated rings. The zero-order chi connectivity index (χ0) is 46.4. The van der Waals surface area contributed by atoms with Gasteiger partial charge in [0.25, 0.3) is 0 Å². The number of ketones is 1. The van der Waals surface area contributed by atoms with Crippen molar-refractivity contribution in [1.29, 1.82) is 0 Å². The maximum absolute atomic E-state index is 15.4. The van der Waals surface area contributed by atoms with Gasteiger partial charge in [0.2, 0.25) is 12.3 Å². The molecule has 2 nitrogen and oxygen atoms in total. The summed E-state index contributed by atoms with van der Waals surface area (Å²) in [5.74, 6) is -71.3. The summed E-state index contributed by atoms with van der Waals surface area (Å²) in [5.41, 5.74) is -12.5. The normalized spacial score (nSPS) is 11.5. The van der Waals surface area contributed by atoms with Crippen LogP contribution >= 0.6 is 15.9 Å². The van der Waals surface area contributed by atoms with Crippen LogP contribution in [0.4, 0.5) is 87.8 Å². The molecule has 1 heterocycles. The van der Waals surface area contributed by atoms with Crippen LogP contribution in [0.25, 0.3) is 0 Å². The van der Waals surface area contributed by atoms with Crippen molar-refractivity contribution in [2.45, 2.75) is 11.9 Å². The summed E-state index contributed by atoms with van der Waals surface area (Å²) in [6.45, 7) is 0.381. The standard InChI is InChI=1S/C24BF20.C14H13BrNO/c26-5-1(6(27)14(35)21(42)13(5)34)25(2-7(28)15(36)22(43)16(37)8(2)29,3-9(30)17(38)23(44)18(39)10(3)31)4-11(32)19(40)24(45)20(41)12(4)33;15-10-13-8-4-5-9-16(13)11-14(17)12-6-2-1-3-7-12/h;1-9H,10-11H2/q-1;+1. The summed E-state index contributed by atoms with van der Waals surface area (Å²) in [6.07, 6.45) is -5.29. The fraction of sp³-hybridized carbons (Fsp3) is 0.0526. The Labute approximate surface area is 340 Å². The Morgan fingerprint density at radius 2 is 0.645 bits per heavy atom. The van der Waals surface area contributed by atoms with E-state index in [0.717, 1.165) is 16.6 Å². The van der Waals surface area contributed by atoms with Crippen molar-refractivity contribution in [3.8, 4) is 0 Å². The van der Waals surface area contributed by atoms with E-state index in [-0.39, 0.29) is 5.78 Å². The molecule has 24 heteroatoms. The highest BCUT2D eigenvalue weighted by Crippen LogP contribution is 2.30. The third kappa shape index (κ3) is 7.44. The zero-order valence-corrected chi connectivity index (χ0v) is 31.1. The molecule has 0 amide bonds. The molecule has 0 unspecified atom stereocenters. The Hall–Kier alpha value is -5.94. The van der Waals surface area contributed by atoms with Crippen molar-refractivity contribution < 1.29 is 97.2 Å². The highest BCUT2D eigenvalue weighted by molar-refractivity contribution is 9.08. The van der Waals surface area contributed by atoms with E-state index >= 15 is 35.1 Å². The maximum atomic E-state index is 15.4. The van der Waals surface area contributed by atoms with Crippen LogP contribution in [-0.2, 0) is 11.9 Å². The van der Waals surface area contributed by atoms with Crippen molar-refractivity contribution in [3.63, 3.8) is 0 Å². The minimum atomic E-state index is -7.22. The van der Waals surface area contributed by atoms with Gasteiger partial charge in [-0.1, -0.05) is 52.3 Å². The molecule has 0 radical (unpaired) electrons. The molecule has 62 heavy (non-hydrogen) atoms. The summed E-state index contributed by atoms with van der Waals surface area (Å²) < 4.78 is 296. The van der Waals surface area contributed by atoms with Crippen molar-refractivity contribution in [3.05, 3.63) is 182 Å². The second-order valence-corrected chi connectivity index (χ2v) is 13.1. The minimum Gasteiger partial charge on any atom is -0.287 e. The molecular formula is C38H13BBrF20NO. The number of carbonyl (C=O) groups excluding carboxylic acids is 1. The Kier molecular flexibility index (Phi) is 13.5. The lowest BCUT2D eigenvalue weighted by Gasteiger charge is -2.44. The number of hydrogen-bond donors (Lipinski definition) is 0. The van der Waals surface area contributed by atoms with Gasteiger partial charge in [-0.3, -0.25) is 4.79 Å². The van der Waals surface area contributed by atoms with Gasteiger partial charge in [0, 0.05) is 17.7 Å². The number of alkyl halides is 1. The first-order chi connectivity index (χ1) is 29.0. The zero-order valence-electron chi connectivity index (χ0n) is 29.5. The number of nitrogens with zero attached hydrogens (tertiary/aromatic N) is 1. The summed E-state index contributed by atoms with van der Waals surface area (Å²) in [5, 5.41) is 0.746. The number of pyridine rings is 1. The van der Waals surface area contributed by atoms with Gasteiger partial charge in [-0.2, -0.15) is 4.57 Å². The number of Topliss-reactive ketones (excluding diaryl/α,β-unsaturated/α-hetero) is 1. The predicted molar refractivity (Wildman–Crippen MR) is 179 cm³/mol. The van der Waals surface area contributed by atoms with Crippen LogP contribution in [0.5, 0.6) is 0 Å². The van der Waals surface area contributed by atoms with Crippen LogP contribution in [0.3, 0.4) is 0 Å². The van der Waals surface area contributed by atoms with Gasteiger partial charge in [0.05, 0.1) is 5.33 Å². The predicted octanol–water partition coefficient (Wildman–Crippen LogP) is 8.60. The number of aromatic nitrogens is 1. The van der Waals surface area contributed by atoms with Gasteiger partial charge in [0.15, 0.2) is 81.7 Å². The first-order valence-corrected chi connectivity index (χ1v) is 17.5. The van der Waals surface area contributed by atoms with Gasteiger partial charge < -0.3 is 0 Å².